The number of ether oxygens (including phenoxy) is 1. The summed E-state index contributed by atoms with van der Waals surface area (Å²) in [5.74, 6) is -3.03. The first-order valence-electron chi connectivity index (χ1n) is 15.4. The van der Waals surface area contributed by atoms with Crippen LogP contribution in [0.15, 0.2) is 12.7 Å². The van der Waals surface area contributed by atoms with E-state index in [1.807, 2.05) is 6.92 Å². The molecule has 1 aliphatic heterocycles. The molecule has 3 aliphatic carbocycles. The van der Waals surface area contributed by atoms with E-state index in [0.29, 0.717) is 12.3 Å². The Bertz CT molecular complexity index is 1060. The Morgan fingerprint density at radius 1 is 1.07 bits per heavy atom. The van der Waals surface area contributed by atoms with Crippen LogP contribution in [0.3, 0.4) is 0 Å². The van der Waals surface area contributed by atoms with Crippen LogP contribution >= 0.6 is 23.2 Å². The maximum absolute atomic E-state index is 14.2. The van der Waals surface area contributed by atoms with Gasteiger partial charge in [0.25, 0.3) is 5.91 Å². The molecule has 1 heterocycles. The van der Waals surface area contributed by atoms with E-state index in [-0.39, 0.29) is 43.4 Å². The third-order valence-electron chi connectivity index (χ3n) is 9.31. The fourth-order valence-electron chi connectivity index (χ4n) is 6.96. The number of nitrogens with zero attached hydrogens (tertiary/aromatic N) is 1. The molecule has 234 valence electrons. The number of alkyl carbamates (subject to hydrolysis) is 1. The van der Waals surface area contributed by atoms with Gasteiger partial charge in [0.05, 0.1) is 6.04 Å². The molecule has 4 amide bonds. The van der Waals surface area contributed by atoms with Crippen molar-refractivity contribution in [3.63, 3.8) is 0 Å². The smallest absolute Gasteiger partial charge is 0.408 e. The number of rotatable bonds is 12. The molecule has 4 aliphatic rings. The fourth-order valence-corrected chi connectivity index (χ4v) is 7.79. The van der Waals surface area contributed by atoms with Crippen LogP contribution in [0, 0.1) is 23.7 Å². The van der Waals surface area contributed by atoms with Crippen LogP contribution in [0.1, 0.15) is 78.1 Å². The molecule has 7 atom stereocenters. The van der Waals surface area contributed by atoms with Gasteiger partial charge in [-0.2, -0.15) is 0 Å². The molecule has 42 heavy (non-hydrogen) atoms. The SMILES string of the molecule is C=CCNC(=O)C(=O)C(CCC)NC(=O)C1C2C(CN1C(=O)[C@@H](NC(=O)OC1CCC(C)C1)C1CCCCC1)C2(Cl)Cl. The van der Waals surface area contributed by atoms with Crippen molar-refractivity contribution in [2.75, 3.05) is 13.1 Å². The fraction of sp³-hybridized carbons (Fsp3) is 0.767. The first-order chi connectivity index (χ1) is 20.0. The number of carbonyl (C=O) groups is 5. The minimum atomic E-state index is -1.18. The maximum Gasteiger partial charge on any atom is 0.408 e. The molecule has 0 radical (unpaired) electrons. The zero-order valence-corrected chi connectivity index (χ0v) is 26.1. The number of piperidine rings is 1. The average molecular weight is 628 g/mol. The van der Waals surface area contributed by atoms with E-state index in [1.165, 1.54) is 11.0 Å². The second-order valence-electron chi connectivity index (χ2n) is 12.4. The second-order valence-corrected chi connectivity index (χ2v) is 13.9. The molecule has 0 bridgehead atoms. The number of carbonyl (C=O) groups excluding carboxylic acids is 5. The number of alkyl halides is 2. The lowest BCUT2D eigenvalue weighted by molar-refractivity contribution is -0.144. The van der Waals surface area contributed by atoms with Crippen LogP contribution in [-0.4, -0.2) is 76.2 Å². The standard InChI is InChI=1S/C30H44Cl2N4O6/c1-4-9-21(25(37)27(39)33-14-5-2)34-26(38)24-22-20(30(22,31)32)16-36(24)28(40)23(18-10-7-6-8-11-18)35-29(41)42-19-13-12-17(3)15-19/h5,17-24H,2,4,6-16H2,1,3H3,(H,33,39)(H,34,38)(H,35,41)/t17?,19?,20?,21?,22?,23-,24?/m0/s1. The van der Waals surface area contributed by atoms with Crippen molar-refractivity contribution >= 4 is 52.8 Å². The van der Waals surface area contributed by atoms with Crippen LogP contribution in [0.4, 0.5) is 4.79 Å². The zero-order valence-electron chi connectivity index (χ0n) is 24.5. The number of hydrogen-bond donors (Lipinski definition) is 3. The highest BCUT2D eigenvalue weighted by Gasteiger charge is 2.74. The van der Waals surface area contributed by atoms with Crippen LogP contribution < -0.4 is 16.0 Å². The molecule has 0 aromatic heterocycles. The highest BCUT2D eigenvalue weighted by molar-refractivity contribution is 6.51. The predicted octanol–water partition coefficient (Wildman–Crippen LogP) is 3.64. The Kier molecular flexibility index (Phi) is 10.8. The van der Waals surface area contributed by atoms with E-state index in [1.54, 1.807) is 0 Å². The van der Waals surface area contributed by atoms with E-state index in [0.717, 1.165) is 51.4 Å². The molecule has 0 aromatic carbocycles. The number of hydrogen-bond acceptors (Lipinski definition) is 6. The molecule has 10 nitrogen and oxygen atoms in total. The summed E-state index contributed by atoms with van der Waals surface area (Å²) in [4.78, 5) is 67.6. The Hall–Kier alpha value is -2.33. The predicted molar refractivity (Wildman–Crippen MR) is 159 cm³/mol. The molecule has 0 spiro atoms. The van der Waals surface area contributed by atoms with Crippen molar-refractivity contribution in [2.24, 2.45) is 23.7 Å². The number of amides is 4. The molecule has 4 rings (SSSR count). The van der Waals surface area contributed by atoms with Crippen molar-refractivity contribution in [1.29, 1.82) is 0 Å². The zero-order chi connectivity index (χ0) is 30.6. The summed E-state index contributed by atoms with van der Waals surface area (Å²) in [6.07, 6.45) is 8.53. The maximum atomic E-state index is 14.2. The Morgan fingerprint density at radius 3 is 2.40 bits per heavy atom. The van der Waals surface area contributed by atoms with Gasteiger partial charge in [0.15, 0.2) is 0 Å². The van der Waals surface area contributed by atoms with Crippen molar-refractivity contribution in [3.8, 4) is 0 Å². The lowest BCUT2D eigenvalue weighted by atomic mass is 9.83. The number of nitrogens with one attached hydrogen (secondary N) is 3. The molecular formula is C30H44Cl2N4O6. The molecule has 6 unspecified atom stereocenters. The van der Waals surface area contributed by atoms with Gasteiger partial charge in [0.1, 0.15) is 22.5 Å². The topological polar surface area (TPSA) is 134 Å². The van der Waals surface area contributed by atoms with Gasteiger partial charge in [-0.05, 0) is 50.4 Å². The van der Waals surface area contributed by atoms with Gasteiger partial charge >= 0.3 is 6.09 Å². The van der Waals surface area contributed by atoms with Crippen LogP contribution in [0.2, 0.25) is 0 Å². The molecule has 12 heteroatoms. The highest BCUT2D eigenvalue weighted by atomic mass is 35.5. The lowest BCUT2D eigenvalue weighted by Gasteiger charge is -2.36. The molecule has 3 saturated carbocycles. The summed E-state index contributed by atoms with van der Waals surface area (Å²) < 4.78 is 4.50. The summed E-state index contributed by atoms with van der Waals surface area (Å²) in [6.45, 7) is 7.76. The molecule has 3 N–H and O–H groups in total. The number of fused-ring (bicyclic) bond motifs is 1. The summed E-state index contributed by atoms with van der Waals surface area (Å²) in [7, 11) is 0. The average Bonchev–Trinajstić information content (AvgIpc) is 3.30. The van der Waals surface area contributed by atoms with E-state index < -0.39 is 52.1 Å². The first kappa shape index (κ1) is 32.6. The number of likely N-dealkylation sites (tertiary alicyclic amines) is 1. The first-order valence-corrected chi connectivity index (χ1v) is 16.1. The van der Waals surface area contributed by atoms with Gasteiger partial charge in [-0.3, -0.25) is 19.2 Å². The summed E-state index contributed by atoms with van der Waals surface area (Å²) in [6, 6.07) is -2.97. The van der Waals surface area contributed by atoms with Gasteiger partial charge in [0.2, 0.25) is 17.6 Å². The van der Waals surface area contributed by atoms with Crippen molar-refractivity contribution < 1.29 is 28.7 Å². The summed E-state index contributed by atoms with van der Waals surface area (Å²) in [5.41, 5.74) is 0. The van der Waals surface area contributed by atoms with Gasteiger partial charge in [-0.1, -0.05) is 45.6 Å². The van der Waals surface area contributed by atoms with E-state index in [4.69, 9.17) is 27.9 Å². The minimum Gasteiger partial charge on any atom is -0.446 e. The second kappa shape index (κ2) is 14.0. The summed E-state index contributed by atoms with van der Waals surface area (Å²) >= 11 is 13.0. The van der Waals surface area contributed by atoms with Crippen LogP contribution in [0.5, 0.6) is 0 Å². The quantitative estimate of drug-likeness (QED) is 0.172. The van der Waals surface area contributed by atoms with Crippen LogP contribution in [0.25, 0.3) is 0 Å². The van der Waals surface area contributed by atoms with Gasteiger partial charge in [-0.15, -0.1) is 29.8 Å². The number of Topliss-reactive ketones (excluding diaryl/α,β-unsaturated/α-hetero) is 1. The lowest BCUT2D eigenvalue weighted by Crippen LogP contribution is -2.59. The van der Waals surface area contributed by atoms with Crippen molar-refractivity contribution in [2.45, 2.75) is 107 Å². The monoisotopic (exact) mass is 626 g/mol. The Morgan fingerprint density at radius 2 is 1.79 bits per heavy atom. The number of halogens is 2. The van der Waals surface area contributed by atoms with Gasteiger partial charge < -0.3 is 25.6 Å². The number of ketones is 1. The Balaban J connectivity index is 1.52. The summed E-state index contributed by atoms with van der Waals surface area (Å²) in [5, 5.41) is 8.03. The minimum absolute atomic E-state index is 0.0957. The molecule has 4 fully saturated rings. The van der Waals surface area contributed by atoms with E-state index in [2.05, 4.69) is 29.5 Å². The normalized spacial score (nSPS) is 29.5. The molecular weight excluding hydrogens is 583 g/mol. The van der Waals surface area contributed by atoms with Gasteiger partial charge in [-0.25, -0.2) is 4.79 Å². The van der Waals surface area contributed by atoms with Gasteiger partial charge in [0, 0.05) is 24.9 Å². The van der Waals surface area contributed by atoms with Crippen molar-refractivity contribution in [3.05, 3.63) is 12.7 Å². The van der Waals surface area contributed by atoms with E-state index in [9.17, 15) is 24.0 Å². The third kappa shape index (κ3) is 7.24. The molecule has 0 aromatic rings. The van der Waals surface area contributed by atoms with Crippen LogP contribution in [-0.2, 0) is 23.9 Å². The Labute approximate surface area is 258 Å². The largest absolute Gasteiger partial charge is 0.446 e. The third-order valence-corrected chi connectivity index (χ3v) is 10.4. The van der Waals surface area contributed by atoms with Crippen molar-refractivity contribution in [1.82, 2.24) is 20.9 Å². The molecule has 1 saturated heterocycles. The highest BCUT2D eigenvalue weighted by Crippen LogP contribution is 2.65. The van der Waals surface area contributed by atoms with E-state index >= 15 is 0 Å².